The fourth-order valence-electron chi connectivity index (χ4n) is 4.57. The fourth-order valence-corrected chi connectivity index (χ4v) is 5.02. The van der Waals surface area contributed by atoms with E-state index in [1.54, 1.807) is 30.6 Å². The van der Waals surface area contributed by atoms with E-state index in [0.29, 0.717) is 64.0 Å². The molecule has 0 radical (unpaired) electrons. The highest BCUT2D eigenvalue weighted by atomic mass is 35.5. The normalized spacial score (nSPS) is 13.8. The van der Waals surface area contributed by atoms with Crippen LogP contribution in [0.2, 0.25) is 10.0 Å². The maximum Gasteiger partial charge on any atom is 0.255 e. The number of fused-ring (bicyclic) bond motifs is 1. The molecule has 0 saturated carbocycles. The van der Waals surface area contributed by atoms with Gasteiger partial charge in [-0.15, -0.1) is 0 Å². The first-order valence-corrected chi connectivity index (χ1v) is 12.9. The minimum absolute atomic E-state index is 0.00842. The smallest absolute Gasteiger partial charge is 0.255 e. The Morgan fingerprint density at radius 3 is 2.61 bits per heavy atom. The quantitative estimate of drug-likeness (QED) is 0.280. The summed E-state index contributed by atoms with van der Waals surface area (Å²) in [7, 11) is 0. The molecule has 1 aliphatic heterocycles. The van der Waals surface area contributed by atoms with Crippen LogP contribution in [-0.4, -0.2) is 40.4 Å². The van der Waals surface area contributed by atoms with E-state index in [0.717, 1.165) is 18.5 Å². The number of carbonyl (C=O) groups is 1. The molecule has 2 aromatic carbocycles. The summed E-state index contributed by atoms with van der Waals surface area (Å²) in [6, 6.07) is 13.7. The summed E-state index contributed by atoms with van der Waals surface area (Å²) in [5, 5.41) is 17.4. The number of nitrogens with zero attached hydrogens (tertiary/aromatic N) is 4. The molecule has 10 heteroatoms. The van der Waals surface area contributed by atoms with Gasteiger partial charge in [0.2, 0.25) is 0 Å². The highest BCUT2D eigenvalue weighted by Crippen LogP contribution is 2.35. The third-order valence-electron chi connectivity index (χ3n) is 6.64. The number of nitriles is 1. The summed E-state index contributed by atoms with van der Waals surface area (Å²) in [6.07, 6.45) is 6.45. The lowest BCUT2D eigenvalue weighted by Gasteiger charge is -2.32. The van der Waals surface area contributed by atoms with Crippen molar-refractivity contribution >= 4 is 57.1 Å². The van der Waals surface area contributed by atoms with Gasteiger partial charge < -0.3 is 15.5 Å². The molecule has 2 N–H and O–H groups in total. The van der Waals surface area contributed by atoms with Gasteiger partial charge in [0.15, 0.2) is 0 Å². The summed E-state index contributed by atoms with van der Waals surface area (Å²) in [4.78, 5) is 23.0. The Bertz CT molecular complexity index is 1530. The fraction of sp³-hybridized carbons (Fsp3) is 0.214. The Morgan fingerprint density at radius 2 is 1.89 bits per heavy atom. The molecular weight excluding hydrogens is 526 g/mol. The second-order valence-corrected chi connectivity index (χ2v) is 9.94. The Labute approximate surface area is 229 Å². The number of carbonyl (C=O) groups excluding carboxylic acids is 1. The minimum Gasteiger partial charge on any atom is -0.385 e. The van der Waals surface area contributed by atoms with Crippen LogP contribution in [-0.2, 0) is 0 Å². The van der Waals surface area contributed by atoms with Crippen molar-refractivity contribution < 1.29 is 9.18 Å². The molecule has 1 saturated heterocycles. The number of halogens is 3. The van der Waals surface area contributed by atoms with Crippen molar-refractivity contribution in [3.63, 3.8) is 0 Å². The van der Waals surface area contributed by atoms with E-state index in [2.05, 4.69) is 26.7 Å². The number of rotatable bonds is 6. The van der Waals surface area contributed by atoms with Crippen molar-refractivity contribution in [1.82, 2.24) is 14.9 Å². The van der Waals surface area contributed by atoms with E-state index in [4.69, 9.17) is 23.2 Å². The third-order valence-corrected chi connectivity index (χ3v) is 7.22. The number of amides is 1. The number of aromatic nitrogens is 2. The number of hydrogen-bond donors (Lipinski definition) is 2. The van der Waals surface area contributed by atoms with Gasteiger partial charge in [0.1, 0.15) is 11.9 Å². The second kappa shape index (κ2) is 11.2. The lowest BCUT2D eigenvalue weighted by molar-refractivity contribution is 0.0694. The van der Waals surface area contributed by atoms with Gasteiger partial charge in [-0.2, -0.15) is 5.26 Å². The monoisotopic (exact) mass is 548 g/mol. The molecule has 0 aliphatic carbocycles. The van der Waals surface area contributed by atoms with Crippen LogP contribution in [0.15, 0.2) is 61.1 Å². The van der Waals surface area contributed by atoms with Crippen LogP contribution in [0.1, 0.15) is 28.8 Å². The number of hydrogen-bond acceptors (Lipinski definition) is 6. The van der Waals surface area contributed by atoms with Gasteiger partial charge in [0, 0.05) is 55.0 Å². The Hall–Kier alpha value is -3.93. The van der Waals surface area contributed by atoms with Crippen LogP contribution >= 0.6 is 23.2 Å². The number of benzene rings is 2. The zero-order chi connectivity index (χ0) is 26.6. The molecule has 2 aromatic heterocycles. The first kappa shape index (κ1) is 25.7. The standard InChI is InChI=1S/C28H23Cl2FN6O/c29-23-11-20(3-4-25(23)31)36-26-19(13-32)16-35-27-22(26)10-21(12-24(27)30)34-14-17-5-8-37(9-6-17)28(38)18-2-1-7-33-15-18/h1-4,7,10-12,15-17,34H,5-6,8-9,14H2,(H,35,36). The van der Waals surface area contributed by atoms with Crippen LogP contribution in [0, 0.1) is 23.1 Å². The summed E-state index contributed by atoms with van der Waals surface area (Å²) >= 11 is 12.5. The molecule has 7 nitrogen and oxygen atoms in total. The molecular formula is C28H23Cl2FN6O. The van der Waals surface area contributed by atoms with Gasteiger partial charge in [-0.25, -0.2) is 4.39 Å². The SMILES string of the molecule is N#Cc1cnc2c(Cl)cc(NCC3CCN(C(=O)c4cccnc4)CC3)cc2c1Nc1ccc(F)c(Cl)c1. The van der Waals surface area contributed by atoms with E-state index < -0.39 is 5.82 Å². The summed E-state index contributed by atoms with van der Waals surface area (Å²) in [5.74, 6) is -0.141. The zero-order valence-electron chi connectivity index (χ0n) is 20.2. The maximum atomic E-state index is 13.6. The molecule has 192 valence electrons. The molecule has 0 spiro atoms. The summed E-state index contributed by atoms with van der Waals surface area (Å²) < 4.78 is 13.6. The van der Waals surface area contributed by atoms with Crippen LogP contribution < -0.4 is 10.6 Å². The first-order valence-electron chi connectivity index (χ1n) is 12.1. The van der Waals surface area contributed by atoms with Crippen LogP contribution in [0.5, 0.6) is 0 Å². The Balaban J connectivity index is 1.31. The molecule has 0 bridgehead atoms. The Morgan fingerprint density at radius 1 is 1.11 bits per heavy atom. The highest BCUT2D eigenvalue weighted by molar-refractivity contribution is 6.36. The average molecular weight is 549 g/mol. The molecule has 1 aliphatic rings. The summed E-state index contributed by atoms with van der Waals surface area (Å²) in [5.41, 5.74) is 3.28. The summed E-state index contributed by atoms with van der Waals surface area (Å²) in [6.45, 7) is 2.07. The minimum atomic E-state index is -0.529. The second-order valence-electron chi connectivity index (χ2n) is 9.12. The Kier molecular flexibility index (Phi) is 7.59. The largest absolute Gasteiger partial charge is 0.385 e. The van der Waals surface area contributed by atoms with E-state index in [1.807, 2.05) is 17.0 Å². The number of likely N-dealkylation sites (tertiary alicyclic amines) is 1. The van der Waals surface area contributed by atoms with Crippen molar-refractivity contribution in [2.24, 2.45) is 5.92 Å². The third kappa shape index (κ3) is 5.49. The predicted molar refractivity (Wildman–Crippen MR) is 148 cm³/mol. The van der Waals surface area contributed by atoms with Crippen LogP contribution in [0.25, 0.3) is 10.9 Å². The predicted octanol–water partition coefficient (Wildman–Crippen LogP) is 6.66. The number of anilines is 3. The van der Waals surface area contributed by atoms with Crippen LogP contribution in [0.4, 0.5) is 21.5 Å². The van der Waals surface area contributed by atoms with Gasteiger partial charge in [-0.05, 0) is 61.2 Å². The number of piperidine rings is 1. The molecule has 5 rings (SSSR count). The molecule has 1 fully saturated rings. The van der Waals surface area contributed by atoms with E-state index in [1.165, 1.54) is 18.3 Å². The number of nitrogens with one attached hydrogen (secondary N) is 2. The van der Waals surface area contributed by atoms with Crippen molar-refractivity contribution in [2.75, 3.05) is 30.3 Å². The van der Waals surface area contributed by atoms with Gasteiger partial charge in [-0.3, -0.25) is 14.8 Å². The van der Waals surface area contributed by atoms with Crippen molar-refractivity contribution in [3.8, 4) is 6.07 Å². The van der Waals surface area contributed by atoms with Gasteiger partial charge in [0.25, 0.3) is 5.91 Å². The molecule has 3 heterocycles. The van der Waals surface area contributed by atoms with Gasteiger partial charge >= 0.3 is 0 Å². The molecule has 0 unspecified atom stereocenters. The van der Waals surface area contributed by atoms with Crippen LogP contribution in [0.3, 0.4) is 0 Å². The molecule has 1 amide bonds. The average Bonchev–Trinajstić information content (AvgIpc) is 2.94. The molecule has 0 atom stereocenters. The lowest BCUT2D eigenvalue weighted by atomic mass is 9.96. The maximum absolute atomic E-state index is 13.6. The zero-order valence-corrected chi connectivity index (χ0v) is 21.7. The van der Waals surface area contributed by atoms with Crippen molar-refractivity contribution in [2.45, 2.75) is 12.8 Å². The first-order chi connectivity index (χ1) is 18.4. The molecule has 38 heavy (non-hydrogen) atoms. The van der Waals surface area contributed by atoms with Gasteiger partial charge in [0.05, 0.1) is 32.4 Å². The van der Waals surface area contributed by atoms with E-state index >= 15 is 0 Å². The molecule has 4 aromatic rings. The van der Waals surface area contributed by atoms with Gasteiger partial charge in [-0.1, -0.05) is 23.2 Å². The van der Waals surface area contributed by atoms with Crippen molar-refractivity contribution in [3.05, 3.63) is 88.0 Å². The number of pyridine rings is 2. The van der Waals surface area contributed by atoms with Crippen molar-refractivity contribution in [1.29, 1.82) is 5.26 Å². The lowest BCUT2D eigenvalue weighted by Crippen LogP contribution is -2.39. The highest BCUT2D eigenvalue weighted by Gasteiger charge is 2.24. The van der Waals surface area contributed by atoms with E-state index in [9.17, 15) is 14.4 Å². The topological polar surface area (TPSA) is 93.9 Å². The van der Waals surface area contributed by atoms with E-state index in [-0.39, 0.29) is 10.9 Å².